The number of hydrogen-bond acceptors (Lipinski definition) is 5. The number of carbonyl (C=O) groups is 1. The first-order valence-corrected chi connectivity index (χ1v) is 7.15. The number of hydrogen-bond donors (Lipinski definition) is 0. The first-order valence-electron chi connectivity index (χ1n) is 4.93. The molecule has 0 bridgehead atoms. The number of ether oxygens (including phenoxy) is 1. The third-order valence-electron chi connectivity index (χ3n) is 1.93. The van der Waals surface area contributed by atoms with Gasteiger partial charge in [0.1, 0.15) is 18.3 Å². The lowest BCUT2D eigenvalue weighted by molar-refractivity contribution is -0.140. The van der Waals surface area contributed by atoms with Gasteiger partial charge in [-0.1, -0.05) is 5.21 Å². The predicted molar refractivity (Wildman–Crippen MR) is 68.2 cm³/mol. The molecule has 0 amide bonds. The van der Waals surface area contributed by atoms with Crippen molar-refractivity contribution in [3.8, 4) is 0 Å². The van der Waals surface area contributed by atoms with Crippen molar-refractivity contribution in [1.82, 2.24) is 15.0 Å². The Kier molecular flexibility index (Phi) is 6.69. The molecular weight excluding hydrogens is 285 g/mol. The summed E-state index contributed by atoms with van der Waals surface area (Å²) in [4.78, 5) is 10.5. The quantitative estimate of drug-likeness (QED) is 0.438. The van der Waals surface area contributed by atoms with Crippen molar-refractivity contribution < 1.29 is 9.53 Å². The number of esters is 1. The Hall–Kier alpha value is -0.460. The monoisotopic (exact) mass is 297 g/mol. The fraction of sp³-hybridized carbons (Fsp3) is 0.667. The Morgan fingerprint density at radius 3 is 2.88 bits per heavy atom. The van der Waals surface area contributed by atoms with Crippen molar-refractivity contribution in [1.29, 1.82) is 0 Å². The van der Waals surface area contributed by atoms with Crippen molar-refractivity contribution >= 4 is 40.9 Å². The molecule has 1 aromatic heterocycles. The molecule has 0 aliphatic rings. The van der Waals surface area contributed by atoms with Crippen LogP contribution in [-0.4, -0.2) is 33.3 Å². The van der Waals surface area contributed by atoms with E-state index in [2.05, 4.69) is 10.3 Å². The summed E-state index contributed by atoms with van der Waals surface area (Å²) in [5, 5.41) is 7.81. The molecule has 1 aromatic rings. The Balaban J connectivity index is 2.39. The summed E-state index contributed by atoms with van der Waals surface area (Å²) in [5.74, 6) is 1.47. The third-order valence-corrected chi connectivity index (χ3v) is 3.34. The summed E-state index contributed by atoms with van der Waals surface area (Å²) in [7, 11) is 0. The molecule has 17 heavy (non-hydrogen) atoms. The van der Waals surface area contributed by atoms with Gasteiger partial charge in [0.05, 0.1) is 11.6 Å². The van der Waals surface area contributed by atoms with Crippen molar-refractivity contribution in [2.45, 2.75) is 24.6 Å². The van der Waals surface area contributed by atoms with E-state index in [1.165, 1.54) is 6.92 Å². The number of carbonyl (C=O) groups excluding carboxylic acids is 1. The summed E-state index contributed by atoms with van der Waals surface area (Å²) in [6, 6.07) is 0.254. The minimum atomic E-state index is -0.264. The van der Waals surface area contributed by atoms with Gasteiger partial charge in [0.2, 0.25) is 0 Å². The highest BCUT2D eigenvalue weighted by Crippen LogP contribution is 2.16. The second-order valence-electron chi connectivity index (χ2n) is 3.13. The van der Waals surface area contributed by atoms with Crippen LogP contribution in [0.5, 0.6) is 0 Å². The van der Waals surface area contributed by atoms with Crippen LogP contribution < -0.4 is 0 Å². The molecule has 0 aliphatic heterocycles. The van der Waals surface area contributed by atoms with Crippen molar-refractivity contribution in [2.75, 3.05) is 12.4 Å². The van der Waals surface area contributed by atoms with Gasteiger partial charge in [0.25, 0.3) is 0 Å². The van der Waals surface area contributed by atoms with Crippen molar-refractivity contribution in [2.24, 2.45) is 0 Å². The molecule has 1 rings (SSSR count). The van der Waals surface area contributed by atoms with Gasteiger partial charge in [-0.3, -0.25) is 4.79 Å². The lowest BCUT2D eigenvalue weighted by atomic mass is 10.4. The standard InChI is InChI=1S/C9H13Cl2N3O2S/c1-7(15)16-2-3-17-5-9-8(4-10)12-13-14(9)6-11/h2-6H2,1H3. The Bertz CT molecular complexity index is 352. The molecule has 0 radical (unpaired) electrons. The van der Waals surface area contributed by atoms with Crippen LogP contribution in [0.3, 0.4) is 0 Å². The van der Waals surface area contributed by atoms with Crippen LogP contribution in [-0.2, 0) is 27.2 Å². The highest BCUT2D eigenvalue weighted by Gasteiger charge is 2.11. The second-order valence-corrected chi connectivity index (χ2v) is 4.74. The van der Waals surface area contributed by atoms with E-state index in [1.54, 1.807) is 16.4 Å². The van der Waals surface area contributed by atoms with Gasteiger partial charge in [-0.25, -0.2) is 4.68 Å². The molecule has 96 valence electrons. The number of rotatable bonds is 7. The summed E-state index contributed by atoms with van der Waals surface area (Å²) < 4.78 is 6.43. The topological polar surface area (TPSA) is 57.0 Å². The van der Waals surface area contributed by atoms with E-state index >= 15 is 0 Å². The maximum Gasteiger partial charge on any atom is 0.302 e. The molecule has 0 fully saturated rings. The second kappa shape index (κ2) is 7.79. The number of alkyl halides is 2. The van der Waals surface area contributed by atoms with Gasteiger partial charge >= 0.3 is 5.97 Å². The number of thioether (sulfide) groups is 1. The SMILES string of the molecule is CC(=O)OCCSCc1c(CCl)nnn1CCl. The van der Waals surface area contributed by atoms with Crippen LogP contribution in [0.15, 0.2) is 0 Å². The lowest BCUT2D eigenvalue weighted by Crippen LogP contribution is -2.05. The maximum atomic E-state index is 10.5. The van der Waals surface area contributed by atoms with E-state index in [-0.39, 0.29) is 12.0 Å². The summed E-state index contributed by atoms with van der Waals surface area (Å²) in [6.45, 7) is 1.79. The number of nitrogens with zero attached hydrogens (tertiary/aromatic N) is 3. The van der Waals surface area contributed by atoms with E-state index < -0.39 is 0 Å². The van der Waals surface area contributed by atoms with Gasteiger partial charge in [0.15, 0.2) is 0 Å². The van der Waals surface area contributed by atoms with Crippen LogP contribution in [0, 0.1) is 0 Å². The van der Waals surface area contributed by atoms with E-state index in [4.69, 9.17) is 27.9 Å². The fourth-order valence-electron chi connectivity index (χ4n) is 1.14. The summed E-state index contributed by atoms with van der Waals surface area (Å²) in [5.41, 5.74) is 1.66. The summed E-state index contributed by atoms with van der Waals surface area (Å²) >= 11 is 13.1. The van der Waals surface area contributed by atoms with Crippen LogP contribution >= 0.6 is 35.0 Å². The molecule has 0 spiro atoms. The van der Waals surface area contributed by atoms with Crippen molar-refractivity contribution in [3.63, 3.8) is 0 Å². The molecule has 0 atom stereocenters. The Labute approximate surface area is 114 Å². The molecule has 8 heteroatoms. The molecule has 0 N–H and O–H groups in total. The van der Waals surface area contributed by atoms with E-state index in [1.807, 2.05) is 0 Å². The van der Waals surface area contributed by atoms with Crippen LogP contribution in [0.4, 0.5) is 0 Å². The van der Waals surface area contributed by atoms with Crippen molar-refractivity contribution in [3.05, 3.63) is 11.4 Å². The molecule has 0 aromatic carbocycles. The van der Waals surface area contributed by atoms with Gasteiger partial charge in [-0.2, -0.15) is 11.8 Å². The Morgan fingerprint density at radius 1 is 1.53 bits per heavy atom. The zero-order valence-electron chi connectivity index (χ0n) is 9.36. The van der Waals surface area contributed by atoms with Crippen LogP contribution in [0.1, 0.15) is 18.3 Å². The Morgan fingerprint density at radius 2 is 2.29 bits per heavy atom. The van der Waals surface area contributed by atoms with Gasteiger partial charge in [-0.15, -0.1) is 28.3 Å². The zero-order valence-corrected chi connectivity index (χ0v) is 11.7. The number of halogens is 2. The maximum absolute atomic E-state index is 10.5. The van der Waals surface area contributed by atoms with Crippen LogP contribution in [0.2, 0.25) is 0 Å². The largest absolute Gasteiger partial charge is 0.465 e. The third kappa shape index (κ3) is 4.73. The average Bonchev–Trinajstić information content (AvgIpc) is 2.70. The minimum absolute atomic E-state index is 0.254. The van der Waals surface area contributed by atoms with E-state index in [0.717, 1.165) is 17.1 Å². The van der Waals surface area contributed by atoms with Crippen LogP contribution in [0.25, 0.3) is 0 Å². The first-order chi connectivity index (χ1) is 8.19. The molecule has 1 heterocycles. The smallest absolute Gasteiger partial charge is 0.302 e. The zero-order chi connectivity index (χ0) is 12.7. The first kappa shape index (κ1) is 14.6. The predicted octanol–water partition coefficient (Wildman–Crippen LogP) is 2.01. The highest BCUT2D eigenvalue weighted by molar-refractivity contribution is 7.98. The molecule has 5 nitrogen and oxygen atoms in total. The minimum Gasteiger partial charge on any atom is -0.465 e. The molecule has 0 unspecified atom stereocenters. The molecule has 0 aliphatic carbocycles. The average molecular weight is 298 g/mol. The number of aromatic nitrogens is 3. The fourth-order valence-corrected chi connectivity index (χ4v) is 2.39. The normalized spacial score (nSPS) is 10.5. The molecular formula is C9H13Cl2N3O2S. The lowest BCUT2D eigenvalue weighted by Gasteiger charge is -2.04. The molecule has 0 saturated carbocycles. The molecule has 0 saturated heterocycles. The van der Waals surface area contributed by atoms with E-state index in [9.17, 15) is 4.79 Å². The van der Waals surface area contributed by atoms with Gasteiger partial charge in [0, 0.05) is 18.4 Å². The van der Waals surface area contributed by atoms with Gasteiger partial charge in [-0.05, 0) is 0 Å². The van der Waals surface area contributed by atoms with Gasteiger partial charge < -0.3 is 4.74 Å². The summed E-state index contributed by atoms with van der Waals surface area (Å²) in [6.07, 6.45) is 0. The highest BCUT2D eigenvalue weighted by atomic mass is 35.5. The van der Waals surface area contributed by atoms with E-state index in [0.29, 0.717) is 18.2 Å².